The molecule has 0 spiro atoms. The smallest absolute Gasteiger partial charge is 0.252 e. The van der Waals surface area contributed by atoms with E-state index >= 15 is 0 Å². The minimum atomic E-state index is -0.925. The second-order valence-corrected chi connectivity index (χ2v) is 4.21. The van der Waals surface area contributed by atoms with Crippen molar-refractivity contribution in [3.8, 4) is 0 Å². The fraction of sp³-hybridized carbons (Fsp3) is 0.214. The number of hydrogen-bond acceptors (Lipinski definition) is 4. The summed E-state index contributed by atoms with van der Waals surface area (Å²) in [5.41, 5.74) is 0.967. The van der Waals surface area contributed by atoms with Gasteiger partial charge >= 0.3 is 0 Å². The lowest BCUT2D eigenvalue weighted by Crippen LogP contribution is -2.39. The molecule has 2 amide bonds. The lowest BCUT2D eigenvalue weighted by atomic mass is 10.2. The van der Waals surface area contributed by atoms with E-state index in [4.69, 9.17) is 4.42 Å². The van der Waals surface area contributed by atoms with Gasteiger partial charge in [-0.25, -0.2) is 4.98 Å². The Kier molecular flexibility index (Phi) is 4.49. The minimum Gasteiger partial charge on any atom is -0.446 e. The van der Waals surface area contributed by atoms with Crippen LogP contribution in [0.25, 0.3) is 0 Å². The molecule has 0 bridgehead atoms. The van der Waals surface area contributed by atoms with Gasteiger partial charge in [-0.3, -0.25) is 9.59 Å². The number of carbonyl (C=O) groups excluding carboxylic acids is 2. The van der Waals surface area contributed by atoms with Crippen LogP contribution in [-0.4, -0.2) is 16.8 Å². The van der Waals surface area contributed by atoms with E-state index in [-0.39, 0.29) is 17.7 Å². The van der Waals surface area contributed by atoms with E-state index in [2.05, 4.69) is 15.6 Å². The van der Waals surface area contributed by atoms with E-state index in [1.165, 1.54) is 19.4 Å². The highest BCUT2D eigenvalue weighted by molar-refractivity contribution is 5.87. The molecule has 0 saturated carbocycles. The van der Waals surface area contributed by atoms with Gasteiger partial charge in [-0.05, 0) is 5.56 Å². The van der Waals surface area contributed by atoms with Gasteiger partial charge in [-0.15, -0.1) is 0 Å². The summed E-state index contributed by atoms with van der Waals surface area (Å²) in [5, 5.41) is 5.25. The summed E-state index contributed by atoms with van der Waals surface area (Å²) < 4.78 is 5.08. The molecule has 0 aliphatic rings. The maximum atomic E-state index is 12.1. The van der Waals surface area contributed by atoms with Crippen molar-refractivity contribution in [2.24, 2.45) is 0 Å². The molecule has 0 aliphatic carbocycles. The summed E-state index contributed by atoms with van der Waals surface area (Å²) in [6.07, 6.45) is 2.78. The van der Waals surface area contributed by atoms with Gasteiger partial charge in [-0.2, -0.15) is 0 Å². The van der Waals surface area contributed by atoms with Crippen molar-refractivity contribution >= 4 is 11.8 Å². The monoisotopic (exact) mass is 273 g/mol. The van der Waals surface area contributed by atoms with Gasteiger partial charge in [0.25, 0.3) is 5.91 Å². The molecule has 20 heavy (non-hydrogen) atoms. The first-order chi connectivity index (χ1) is 9.66. The highest BCUT2D eigenvalue weighted by Crippen LogP contribution is 2.10. The highest BCUT2D eigenvalue weighted by Gasteiger charge is 2.25. The van der Waals surface area contributed by atoms with E-state index in [0.717, 1.165) is 5.56 Å². The molecule has 0 aliphatic heterocycles. The first-order valence-electron chi connectivity index (χ1n) is 6.15. The Balaban J connectivity index is 2.02. The molecule has 0 radical (unpaired) electrons. The zero-order chi connectivity index (χ0) is 14.4. The first-order valence-corrected chi connectivity index (χ1v) is 6.15. The number of aromatic nitrogens is 1. The van der Waals surface area contributed by atoms with Crippen molar-refractivity contribution in [3.05, 3.63) is 54.2 Å². The Morgan fingerprint density at radius 3 is 2.65 bits per heavy atom. The number of oxazole rings is 1. The number of hydrogen-bond donors (Lipinski definition) is 2. The Hall–Kier alpha value is -2.63. The Bertz CT molecular complexity index is 567. The third-order valence-electron chi connectivity index (χ3n) is 2.62. The first kappa shape index (κ1) is 13.8. The molecule has 6 heteroatoms. The van der Waals surface area contributed by atoms with Crippen LogP contribution < -0.4 is 10.6 Å². The third kappa shape index (κ3) is 3.68. The average Bonchev–Trinajstić information content (AvgIpc) is 2.97. The molecule has 0 saturated heterocycles. The van der Waals surface area contributed by atoms with Gasteiger partial charge in [0, 0.05) is 13.5 Å². The molecule has 104 valence electrons. The number of benzene rings is 1. The molecule has 2 aromatic rings. The predicted molar refractivity (Wildman–Crippen MR) is 71.3 cm³/mol. The molecule has 2 rings (SSSR count). The molecule has 0 fully saturated rings. The maximum absolute atomic E-state index is 12.1. The van der Waals surface area contributed by atoms with Crippen molar-refractivity contribution in [1.29, 1.82) is 0 Å². The number of carbonyl (C=O) groups is 2. The zero-order valence-electron chi connectivity index (χ0n) is 11.0. The summed E-state index contributed by atoms with van der Waals surface area (Å²) >= 11 is 0. The van der Waals surface area contributed by atoms with Crippen LogP contribution in [0.5, 0.6) is 0 Å². The van der Waals surface area contributed by atoms with Crippen LogP contribution in [0, 0.1) is 0 Å². The number of nitrogens with one attached hydrogen (secondary N) is 2. The molecular weight excluding hydrogens is 258 g/mol. The quantitative estimate of drug-likeness (QED) is 0.856. The number of rotatable bonds is 5. The van der Waals surface area contributed by atoms with Gasteiger partial charge < -0.3 is 15.1 Å². The molecule has 2 N–H and O–H groups in total. The molecule has 6 nitrogen and oxygen atoms in total. The van der Waals surface area contributed by atoms with E-state index in [0.29, 0.717) is 6.54 Å². The summed E-state index contributed by atoms with van der Waals surface area (Å²) in [4.78, 5) is 27.2. The van der Waals surface area contributed by atoms with Crippen molar-refractivity contribution < 1.29 is 14.0 Å². The Morgan fingerprint density at radius 1 is 1.30 bits per heavy atom. The van der Waals surface area contributed by atoms with Gasteiger partial charge in [-0.1, -0.05) is 30.3 Å². The Morgan fingerprint density at radius 2 is 2.05 bits per heavy atom. The molecule has 1 atom stereocenters. The minimum absolute atomic E-state index is 0.158. The highest BCUT2D eigenvalue weighted by atomic mass is 16.3. The van der Waals surface area contributed by atoms with Gasteiger partial charge in [0.05, 0.1) is 6.20 Å². The lowest BCUT2D eigenvalue weighted by molar-refractivity contribution is -0.128. The van der Waals surface area contributed by atoms with Crippen molar-refractivity contribution in [1.82, 2.24) is 15.6 Å². The maximum Gasteiger partial charge on any atom is 0.252 e. The van der Waals surface area contributed by atoms with Crippen LogP contribution in [-0.2, 0) is 16.1 Å². The largest absolute Gasteiger partial charge is 0.446 e. The van der Waals surface area contributed by atoms with E-state index in [1.807, 2.05) is 30.3 Å². The van der Waals surface area contributed by atoms with Gasteiger partial charge in [0.15, 0.2) is 6.04 Å². The normalized spacial score (nSPS) is 11.7. The predicted octanol–water partition coefficient (Wildman–Crippen LogP) is 1.17. The molecule has 1 aromatic carbocycles. The zero-order valence-corrected chi connectivity index (χ0v) is 11.0. The van der Waals surface area contributed by atoms with Crippen LogP contribution in [0.15, 0.2) is 47.2 Å². The van der Waals surface area contributed by atoms with Crippen LogP contribution >= 0.6 is 0 Å². The van der Waals surface area contributed by atoms with Crippen LogP contribution in [0.1, 0.15) is 24.4 Å². The second kappa shape index (κ2) is 6.51. The van der Waals surface area contributed by atoms with Crippen LogP contribution in [0.2, 0.25) is 0 Å². The number of amides is 2. The van der Waals surface area contributed by atoms with Crippen molar-refractivity contribution in [3.63, 3.8) is 0 Å². The molecule has 0 unspecified atom stereocenters. The fourth-order valence-electron chi connectivity index (χ4n) is 1.71. The SMILES string of the molecule is CC(=O)N[C@H](C(=O)NCc1ccccc1)c1ncco1. The van der Waals surface area contributed by atoms with E-state index < -0.39 is 6.04 Å². The van der Waals surface area contributed by atoms with Crippen molar-refractivity contribution in [2.45, 2.75) is 19.5 Å². The summed E-state index contributed by atoms with van der Waals surface area (Å²) in [5.74, 6) is -0.541. The lowest BCUT2D eigenvalue weighted by Gasteiger charge is -2.14. The van der Waals surface area contributed by atoms with Crippen LogP contribution in [0.3, 0.4) is 0 Å². The molecule has 1 heterocycles. The second-order valence-electron chi connectivity index (χ2n) is 4.21. The summed E-state index contributed by atoms with van der Waals surface area (Å²) in [7, 11) is 0. The summed E-state index contributed by atoms with van der Waals surface area (Å²) in [6.45, 7) is 1.71. The standard InChI is InChI=1S/C14H15N3O3/c1-10(18)17-12(14-15-7-8-20-14)13(19)16-9-11-5-3-2-4-6-11/h2-8,12H,9H2,1H3,(H,16,19)(H,17,18)/t12-/m1/s1. The Labute approximate surface area is 116 Å². The van der Waals surface area contributed by atoms with Crippen molar-refractivity contribution in [2.75, 3.05) is 0 Å². The van der Waals surface area contributed by atoms with Crippen LogP contribution in [0.4, 0.5) is 0 Å². The molecular formula is C14H15N3O3. The topological polar surface area (TPSA) is 84.2 Å². The average molecular weight is 273 g/mol. The van der Waals surface area contributed by atoms with E-state index in [1.54, 1.807) is 0 Å². The van der Waals surface area contributed by atoms with Gasteiger partial charge in [0.1, 0.15) is 6.26 Å². The van der Waals surface area contributed by atoms with E-state index in [9.17, 15) is 9.59 Å². The number of nitrogens with zero attached hydrogens (tertiary/aromatic N) is 1. The summed E-state index contributed by atoms with van der Waals surface area (Å²) in [6, 6.07) is 8.56. The van der Waals surface area contributed by atoms with Gasteiger partial charge in [0.2, 0.25) is 11.8 Å². The fourth-order valence-corrected chi connectivity index (χ4v) is 1.71. The third-order valence-corrected chi connectivity index (χ3v) is 2.62. The molecule has 1 aromatic heterocycles.